The zero-order chi connectivity index (χ0) is 16.9. The lowest BCUT2D eigenvalue weighted by Crippen LogP contribution is -2.42. The molecule has 1 aromatic carbocycles. The van der Waals surface area contributed by atoms with Gasteiger partial charge in [-0.3, -0.25) is 4.79 Å². The maximum Gasteiger partial charge on any atom is 0.374 e. The van der Waals surface area contributed by atoms with E-state index in [0.29, 0.717) is 37.6 Å². The van der Waals surface area contributed by atoms with Gasteiger partial charge in [-0.2, -0.15) is 0 Å². The summed E-state index contributed by atoms with van der Waals surface area (Å²) in [4.78, 5) is 25.5. The van der Waals surface area contributed by atoms with Gasteiger partial charge in [-0.1, -0.05) is 0 Å². The number of morpholine rings is 1. The average Bonchev–Trinajstić information content (AvgIpc) is 3.11. The van der Waals surface area contributed by atoms with E-state index in [4.69, 9.17) is 13.9 Å². The Labute approximate surface area is 137 Å². The number of ether oxygens (including phenoxy) is 2. The maximum absolute atomic E-state index is 12.9. The van der Waals surface area contributed by atoms with Crippen molar-refractivity contribution in [2.75, 3.05) is 32.9 Å². The van der Waals surface area contributed by atoms with Crippen LogP contribution in [0.25, 0.3) is 11.3 Å². The fraction of sp³-hybridized carbons (Fsp3) is 0.294. The number of halogens is 1. The third-order valence-electron chi connectivity index (χ3n) is 3.63. The molecule has 126 valence electrons. The van der Waals surface area contributed by atoms with Gasteiger partial charge in [0.15, 0.2) is 6.61 Å². The lowest BCUT2D eigenvalue weighted by molar-refractivity contribution is -0.138. The molecular formula is C17H16FNO5. The normalized spacial score (nSPS) is 14.5. The van der Waals surface area contributed by atoms with Crippen molar-refractivity contribution in [2.24, 2.45) is 0 Å². The van der Waals surface area contributed by atoms with E-state index in [0.717, 1.165) is 0 Å². The van der Waals surface area contributed by atoms with Crippen LogP contribution in [0.3, 0.4) is 0 Å². The monoisotopic (exact) mass is 333 g/mol. The van der Waals surface area contributed by atoms with Crippen molar-refractivity contribution < 1.29 is 27.9 Å². The molecular weight excluding hydrogens is 317 g/mol. The van der Waals surface area contributed by atoms with Gasteiger partial charge in [-0.05, 0) is 36.4 Å². The Morgan fingerprint density at radius 1 is 1.08 bits per heavy atom. The van der Waals surface area contributed by atoms with Gasteiger partial charge >= 0.3 is 5.97 Å². The first-order valence-electron chi connectivity index (χ1n) is 7.52. The Balaban J connectivity index is 1.57. The molecule has 1 fully saturated rings. The van der Waals surface area contributed by atoms with Gasteiger partial charge in [0.2, 0.25) is 5.76 Å². The molecule has 1 aliphatic heterocycles. The minimum Gasteiger partial charge on any atom is -0.450 e. The fourth-order valence-corrected chi connectivity index (χ4v) is 2.32. The molecule has 0 saturated carbocycles. The van der Waals surface area contributed by atoms with E-state index >= 15 is 0 Å². The topological polar surface area (TPSA) is 69.0 Å². The summed E-state index contributed by atoms with van der Waals surface area (Å²) in [6.07, 6.45) is 0. The van der Waals surface area contributed by atoms with Crippen molar-refractivity contribution in [3.8, 4) is 11.3 Å². The second-order valence-corrected chi connectivity index (χ2v) is 5.24. The number of furan rings is 1. The molecule has 2 aromatic rings. The molecule has 1 aliphatic rings. The number of hydrogen-bond donors (Lipinski definition) is 0. The Kier molecular flexibility index (Phi) is 4.90. The number of amides is 1. The van der Waals surface area contributed by atoms with E-state index in [9.17, 15) is 14.0 Å². The molecule has 1 aromatic heterocycles. The average molecular weight is 333 g/mol. The molecule has 0 N–H and O–H groups in total. The van der Waals surface area contributed by atoms with Crippen molar-refractivity contribution in [1.29, 1.82) is 0 Å². The number of benzene rings is 1. The smallest absolute Gasteiger partial charge is 0.374 e. The number of rotatable bonds is 4. The summed E-state index contributed by atoms with van der Waals surface area (Å²) < 4.78 is 28.5. The first-order chi connectivity index (χ1) is 11.6. The Morgan fingerprint density at radius 2 is 1.79 bits per heavy atom. The van der Waals surface area contributed by atoms with Crippen LogP contribution in [0.1, 0.15) is 10.6 Å². The van der Waals surface area contributed by atoms with E-state index in [2.05, 4.69) is 0 Å². The molecule has 0 unspecified atom stereocenters. The standard InChI is InChI=1S/C17H16FNO5/c18-13-3-1-12(2-4-13)14-5-6-15(24-14)17(21)23-11-16(20)19-7-9-22-10-8-19/h1-6H,7-11H2. The number of nitrogens with zero attached hydrogens (tertiary/aromatic N) is 1. The summed E-state index contributed by atoms with van der Waals surface area (Å²) in [5, 5.41) is 0. The van der Waals surface area contributed by atoms with Gasteiger partial charge < -0.3 is 18.8 Å². The summed E-state index contributed by atoms with van der Waals surface area (Å²) in [5.41, 5.74) is 0.639. The third kappa shape index (κ3) is 3.80. The highest BCUT2D eigenvalue weighted by Gasteiger charge is 2.20. The number of esters is 1. The van der Waals surface area contributed by atoms with Crippen LogP contribution in [-0.4, -0.2) is 49.7 Å². The van der Waals surface area contributed by atoms with Gasteiger partial charge in [0.1, 0.15) is 11.6 Å². The summed E-state index contributed by atoms with van der Waals surface area (Å²) in [6.45, 7) is 1.61. The predicted octanol–water partition coefficient (Wildman–Crippen LogP) is 2.10. The van der Waals surface area contributed by atoms with E-state index in [1.165, 1.54) is 18.2 Å². The Hall–Kier alpha value is -2.67. The fourth-order valence-electron chi connectivity index (χ4n) is 2.32. The SMILES string of the molecule is O=C(OCC(=O)N1CCOCC1)c1ccc(-c2ccc(F)cc2)o1. The van der Waals surface area contributed by atoms with Crippen LogP contribution in [-0.2, 0) is 14.3 Å². The van der Waals surface area contributed by atoms with E-state index in [1.807, 2.05) is 0 Å². The van der Waals surface area contributed by atoms with Crippen LogP contribution >= 0.6 is 0 Å². The zero-order valence-corrected chi connectivity index (χ0v) is 12.9. The molecule has 7 heteroatoms. The number of hydrogen-bond acceptors (Lipinski definition) is 5. The minimum absolute atomic E-state index is 0.0101. The summed E-state index contributed by atoms with van der Waals surface area (Å²) in [6, 6.07) is 8.75. The number of carbonyl (C=O) groups excluding carboxylic acids is 2. The lowest BCUT2D eigenvalue weighted by atomic mass is 10.2. The largest absolute Gasteiger partial charge is 0.450 e. The van der Waals surface area contributed by atoms with E-state index in [-0.39, 0.29) is 24.1 Å². The van der Waals surface area contributed by atoms with Crippen molar-refractivity contribution in [2.45, 2.75) is 0 Å². The highest BCUT2D eigenvalue weighted by Crippen LogP contribution is 2.22. The molecule has 0 aliphatic carbocycles. The Bertz CT molecular complexity index is 719. The van der Waals surface area contributed by atoms with Crippen molar-refractivity contribution in [3.05, 3.63) is 48.0 Å². The van der Waals surface area contributed by atoms with Crippen LogP contribution in [0.4, 0.5) is 4.39 Å². The molecule has 1 amide bonds. The predicted molar refractivity (Wildman–Crippen MR) is 81.8 cm³/mol. The van der Waals surface area contributed by atoms with Gasteiger partial charge in [-0.25, -0.2) is 9.18 Å². The number of carbonyl (C=O) groups is 2. The van der Waals surface area contributed by atoms with Crippen LogP contribution < -0.4 is 0 Å². The second kappa shape index (κ2) is 7.27. The van der Waals surface area contributed by atoms with Gasteiger partial charge in [0.25, 0.3) is 5.91 Å². The van der Waals surface area contributed by atoms with Crippen LogP contribution in [0.5, 0.6) is 0 Å². The minimum atomic E-state index is -0.718. The molecule has 24 heavy (non-hydrogen) atoms. The first kappa shape index (κ1) is 16.2. The molecule has 1 saturated heterocycles. The molecule has 3 rings (SSSR count). The van der Waals surface area contributed by atoms with Crippen LogP contribution in [0.15, 0.2) is 40.8 Å². The first-order valence-corrected chi connectivity index (χ1v) is 7.52. The van der Waals surface area contributed by atoms with Crippen LogP contribution in [0, 0.1) is 5.82 Å². The van der Waals surface area contributed by atoms with Crippen molar-refractivity contribution in [1.82, 2.24) is 4.90 Å². The molecule has 0 atom stereocenters. The van der Waals surface area contributed by atoms with Crippen LogP contribution in [0.2, 0.25) is 0 Å². The molecule has 0 radical (unpaired) electrons. The molecule has 0 spiro atoms. The zero-order valence-electron chi connectivity index (χ0n) is 12.9. The quantitative estimate of drug-likeness (QED) is 0.802. The van der Waals surface area contributed by atoms with Gasteiger partial charge in [-0.15, -0.1) is 0 Å². The molecule has 0 bridgehead atoms. The highest BCUT2D eigenvalue weighted by molar-refractivity contribution is 5.89. The maximum atomic E-state index is 12.9. The lowest BCUT2D eigenvalue weighted by Gasteiger charge is -2.26. The van der Waals surface area contributed by atoms with Crippen molar-refractivity contribution >= 4 is 11.9 Å². The third-order valence-corrected chi connectivity index (χ3v) is 3.63. The van der Waals surface area contributed by atoms with E-state index in [1.54, 1.807) is 23.1 Å². The Morgan fingerprint density at radius 3 is 2.50 bits per heavy atom. The van der Waals surface area contributed by atoms with E-state index < -0.39 is 5.97 Å². The summed E-state index contributed by atoms with van der Waals surface area (Å²) in [7, 11) is 0. The summed E-state index contributed by atoms with van der Waals surface area (Å²) in [5.74, 6) is -0.931. The summed E-state index contributed by atoms with van der Waals surface area (Å²) >= 11 is 0. The van der Waals surface area contributed by atoms with Gasteiger partial charge in [0.05, 0.1) is 13.2 Å². The highest BCUT2D eigenvalue weighted by atomic mass is 19.1. The molecule has 2 heterocycles. The molecule has 6 nitrogen and oxygen atoms in total. The second-order valence-electron chi connectivity index (χ2n) is 5.24. The van der Waals surface area contributed by atoms with Gasteiger partial charge in [0, 0.05) is 18.7 Å². The van der Waals surface area contributed by atoms with Crippen molar-refractivity contribution in [3.63, 3.8) is 0 Å².